The third-order valence-corrected chi connectivity index (χ3v) is 7.90. The lowest BCUT2D eigenvalue weighted by Gasteiger charge is -2.36. The molecule has 3 aliphatic rings. The first-order chi connectivity index (χ1) is 19.2. The predicted molar refractivity (Wildman–Crippen MR) is 147 cm³/mol. The van der Waals surface area contributed by atoms with Crippen molar-refractivity contribution in [1.82, 2.24) is 16.0 Å². The van der Waals surface area contributed by atoms with E-state index in [9.17, 15) is 39.9 Å². The summed E-state index contributed by atoms with van der Waals surface area (Å²) in [6.45, 7) is 4.12. The third-order valence-electron chi connectivity index (χ3n) is 7.90. The number of carbonyl (C=O) groups excluding carboxylic acids is 3. The molecule has 41 heavy (non-hydrogen) atoms. The van der Waals surface area contributed by atoms with Crippen molar-refractivity contribution in [1.29, 1.82) is 0 Å². The second-order valence-corrected chi connectivity index (χ2v) is 11.4. The van der Waals surface area contributed by atoms with Crippen molar-refractivity contribution in [3.8, 4) is 0 Å². The average Bonchev–Trinajstić information content (AvgIpc) is 2.90. The van der Waals surface area contributed by atoms with E-state index >= 15 is 0 Å². The van der Waals surface area contributed by atoms with Crippen molar-refractivity contribution >= 4 is 17.7 Å². The summed E-state index contributed by atoms with van der Waals surface area (Å²) in [6, 6.07) is -1.12. The Morgan fingerprint density at radius 3 is 1.46 bits per heavy atom. The lowest BCUT2D eigenvalue weighted by Crippen LogP contribution is -2.54. The summed E-state index contributed by atoms with van der Waals surface area (Å²) >= 11 is 0. The number of amides is 3. The summed E-state index contributed by atoms with van der Waals surface area (Å²) in [5.41, 5.74) is 0. The van der Waals surface area contributed by atoms with E-state index in [1.165, 1.54) is 20.8 Å². The molecule has 0 heterocycles. The Morgan fingerprint density at radius 1 is 0.561 bits per heavy atom. The molecule has 14 heteroatoms. The van der Waals surface area contributed by atoms with Crippen LogP contribution in [0.2, 0.25) is 0 Å². The maximum atomic E-state index is 10.8. The number of hydrogen-bond donors (Lipinski definition) is 11. The fraction of sp³-hybridized carbons (Fsp3) is 0.889. The molecule has 3 amide bonds. The molecular formula is C27H51N3O11. The minimum Gasteiger partial charge on any atom is -0.396 e. The summed E-state index contributed by atoms with van der Waals surface area (Å²) in [6.07, 6.45) is 0.246. The Morgan fingerprint density at radius 2 is 1.02 bits per heavy atom. The molecule has 0 bridgehead atoms. The van der Waals surface area contributed by atoms with E-state index < -0.39 is 42.6 Å². The number of aliphatic hydroxyl groups excluding tert-OH is 8. The van der Waals surface area contributed by atoms with Crippen LogP contribution in [0.25, 0.3) is 0 Å². The first kappa shape index (κ1) is 37.1. The van der Waals surface area contributed by atoms with Gasteiger partial charge in [0.15, 0.2) is 0 Å². The lowest BCUT2D eigenvalue weighted by atomic mass is 9.82. The van der Waals surface area contributed by atoms with E-state index in [1.54, 1.807) is 0 Å². The van der Waals surface area contributed by atoms with Gasteiger partial charge in [0.1, 0.15) is 6.10 Å². The van der Waals surface area contributed by atoms with Crippen molar-refractivity contribution in [2.75, 3.05) is 19.8 Å². The molecule has 14 nitrogen and oxygen atoms in total. The van der Waals surface area contributed by atoms with Crippen LogP contribution in [0.5, 0.6) is 0 Å². The van der Waals surface area contributed by atoms with Crippen molar-refractivity contribution in [3.05, 3.63) is 0 Å². The van der Waals surface area contributed by atoms with Gasteiger partial charge >= 0.3 is 0 Å². The maximum absolute atomic E-state index is 10.8. The van der Waals surface area contributed by atoms with Gasteiger partial charge in [0, 0.05) is 46.5 Å². The molecular weight excluding hydrogens is 542 g/mol. The number of hydrogen-bond acceptors (Lipinski definition) is 11. The van der Waals surface area contributed by atoms with Gasteiger partial charge in [0.05, 0.1) is 42.5 Å². The molecule has 0 radical (unpaired) electrons. The number of aliphatic hydroxyl groups is 8. The zero-order valence-electron chi connectivity index (χ0n) is 24.2. The molecule has 9 unspecified atom stereocenters. The van der Waals surface area contributed by atoms with Gasteiger partial charge in [-0.15, -0.1) is 0 Å². The van der Waals surface area contributed by atoms with Gasteiger partial charge in [-0.1, -0.05) is 0 Å². The molecule has 0 spiro atoms. The van der Waals surface area contributed by atoms with Gasteiger partial charge in [0.25, 0.3) is 0 Å². The van der Waals surface area contributed by atoms with Crippen LogP contribution in [0, 0.1) is 17.8 Å². The number of rotatable bonds is 6. The Hall–Kier alpha value is -1.91. The van der Waals surface area contributed by atoms with Crippen molar-refractivity contribution < 1.29 is 55.2 Å². The van der Waals surface area contributed by atoms with Crippen LogP contribution in [-0.4, -0.2) is 127 Å². The summed E-state index contributed by atoms with van der Waals surface area (Å²) in [5, 5.41) is 82.4. The van der Waals surface area contributed by atoms with Crippen molar-refractivity contribution in [2.45, 2.75) is 114 Å². The fourth-order valence-electron chi connectivity index (χ4n) is 5.60. The highest BCUT2D eigenvalue weighted by Crippen LogP contribution is 2.26. The van der Waals surface area contributed by atoms with E-state index in [4.69, 9.17) is 15.3 Å². The monoisotopic (exact) mass is 593 g/mol. The van der Waals surface area contributed by atoms with Gasteiger partial charge in [-0.25, -0.2) is 0 Å². The van der Waals surface area contributed by atoms with Crippen LogP contribution in [-0.2, 0) is 14.4 Å². The number of nitrogens with one attached hydrogen (secondary N) is 3. The van der Waals surface area contributed by atoms with Gasteiger partial charge in [0.2, 0.25) is 17.7 Å². The van der Waals surface area contributed by atoms with E-state index in [0.717, 1.165) is 12.8 Å². The molecule has 3 aliphatic carbocycles. The van der Waals surface area contributed by atoms with E-state index in [2.05, 4.69) is 16.0 Å². The Labute approximate surface area is 241 Å². The van der Waals surface area contributed by atoms with Gasteiger partial charge in [-0.3, -0.25) is 14.4 Å². The molecule has 0 aliphatic heterocycles. The molecule has 3 saturated carbocycles. The lowest BCUT2D eigenvalue weighted by molar-refractivity contribution is -0.124. The molecule has 0 aromatic carbocycles. The highest BCUT2D eigenvalue weighted by atomic mass is 16.3. The van der Waals surface area contributed by atoms with Crippen LogP contribution >= 0.6 is 0 Å². The van der Waals surface area contributed by atoms with E-state index in [1.807, 2.05) is 0 Å². The van der Waals surface area contributed by atoms with Crippen molar-refractivity contribution in [2.24, 2.45) is 17.8 Å². The summed E-state index contributed by atoms with van der Waals surface area (Å²) in [5.74, 6) is -0.759. The molecule has 0 aromatic heterocycles. The minimum absolute atomic E-state index is 0.0408. The summed E-state index contributed by atoms with van der Waals surface area (Å²) < 4.78 is 0. The first-order valence-electron chi connectivity index (χ1n) is 14.3. The summed E-state index contributed by atoms with van der Waals surface area (Å²) in [4.78, 5) is 32.3. The topological polar surface area (TPSA) is 249 Å². The molecule has 11 atom stereocenters. The van der Waals surface area contributed by atoms with E-state index in [-0.39, 0.29) is 61.3 Å². The molecule has 3 fully saturated rings. The smallest absolute Gasteiger partial charge is 0.217 e. The predicted octanol–water partition coefficient (Wildman–Crippen LogP) is -3.13. The SMILES string of the molecule is CC(=O)NC1C(O)CC(CO)C[C@H]1O.CC(=O)NC1CCC(CO)CC1O.CC(=O)NC1CCC(CO)[C@@H](O)C1O. The second-order valence-electron chi connectivity index (χ2n) is 11.4. The van der Waals surface area contributed by atoms with E-state index in [0.29, 0.717) is 32.1 Å². The van der Waals surface area contributed by atoms with Crippen LogP contribution in [0.4, 0.5) is 0 Å². The zero-order chi connectivity index (χ0) is 31.3. The van der Waals surface area contributed by atoms with Crippen LogP contribution in [0.15, 0.2) is 0 Å². The minimum atomic E-state index is -0.982. The second kappa shape index (κ2) is 18.6. The fourth-order valence-corrected chi connectivity index (χ4v) is 5.60. The van der Waals surface area contributed by atoms with Crippen LogP contribution in [0.3, 0.4) is 0 Å². The molecule has 11 N–H and O–H groups in total. The standard InChI is InChI=1S/2C9H17NO4.C9H17NO3/c1-5(12)10-9-7(13)2-6(4-11)3-8(9)14;1-5(12)10-7-3-2-6(4-11)8(13)9(7)14;1-6(12)10-8-3-2-7(5-11)4-9(8)13/h2*6-9,11,13-14H,2-4H2,1H3,(H,10,12);7-9,11,13H,2-5H2,1H3,(H,10,12)/t6?,7-,8?,9?;6?,7?,8-,9?;/m11./s1. The van der Waals surface area contributed by atoms with Crippen LogP contribution < -0.4 is 16.0 Å². The third kappa shape index (κ3) is 12.9. The molecule has 240 valence electrons. The highest BCUT2D eigenvalue weighted by Gasteiger charge is 2.37. The summed E-state index contributed by atoms with van der Waals surface area (Å²) in [7, 11) is 0. The maximum Gasteiger partial charge on any atom is 0.217 e. The normalized spacial score (nSPS) is 36.8. The van der Waals surface area contributed by atoms with Crippen molar-refractivity contribution in [3.63, 3.8) is 0 Å². The Kier molecular flexibility index (Phi) is 16.8. The van der Waals surface area contributed by atoms with Gasteiger partial charge in [-0.05, 0) is 56.8 Å². The quantitative estimate of drug-likeness (QED) is 0.147. The van der Waals surface area contributed by atoms with Gasteiger partial charge < -0.3 is 56.8 Å². The molecule has 3 rings (SSSR count). The zero-order valence-corrected chi connectivity index (χ0v) is 24.2. The number of carbonyl (C=O) groups is 3. The molecule has 0 saturated heterocycles. The highest BCUT2D eigenvalue weighted by molar-refractivity contribution is 5.74. The van der Waals surface area contributed by atoms with Gasteiger partial charge in [-0.2, -0.15) is 0 Å². The Balaban J connectivity index is 0.000000308. The van der Waals surface area contributed by atoms with Crippen LogP contribution in [0.1, 0.15) is 65.7 Å². The first-order valence-corrected chi connectivity index (χ1v) is 14.3. The average molecular weight is 594 g/mol. The molecule has 0 aromatic rings. The Bertz CT molecular complexity index is 792. The largest absolute Gasteiger partial charge is 0.396 e.